The first kappa shape index (κ1) is 24.0. The Morgan fingerprint density at radius 1 is 1.31 bits per heavy atom. The van der Waals surface area contributed by atoms with Crippen LogP contribution in [0.5, 0.6) is 0 Å². The number of hydrogen-bond acceptors (Lipinski definition) is 6. The van der Waals surface area contributed by atoms with Gasteiger partial charge in [-0.05, 0) is 38.8 Å². The van der Waals surface area contributed by atoms with Crippen LogP contribution in [0, 0.1) is 17.7 Å². The Balaban J connectivity index is 1.50. The number of carbonyl (C=O) groups excluding carboxylic acids is 1. The summed E-state index contributed by atoms with van der Waals surface area (Å²) in [5, 5.41) is 15.6. The van der Waals surface area contributed by atoms with Crippen LogP contribution >= 0.6 is 11.6 Å². The third kappa shape index (κ3) is 4.57. The van der Waals surface area contributed by atoms with Crippen LogP contribution in [-0.2, 0) is 13.6 Å². The largest absolute Gasteiger partial charge is 0.383 e. The summed E-state index contributed by atoms with van der Waals surface area (Å²) < 4.78 is 16.8. The van der Waals surface area contributed by atoms with Crippen molar-refractivity contribution < 1.29 is 14.3 Å². The Morgan fingerprint density at radius 2 is 2.06 bits per heavy atom. The molecule has 1 aliphatic carbocycles. The average Bonchev–Trinajstić information content (AvgIpc) is 3.57. The maximum Gasteiger partial charge on any atom is 0.257 e. The first-order valence-corrected chi connectivity index (χ1v) is 11.8. The van der Waals surface area contributed by atoms with Crippen molar-refractivity contribution in [3.63, 3.8) is 0 Å². The monoisotopic (exact) mass is 506 g/mol. The van der Waals surface area contributed by atoms with E-state index in [1.165, 1.54) is 18.3 Å². The fourth-order valence-electron chi connectivity index (χ4n) is 4.09. The molecular weight excluding hydrogens is 483 g/mol. The zero-order valence-electron chi connectivity index (χ0n) is 20.0. The molecule has 0 spiro atoms. The van der Waals surface area contributed by atoms with Gasteiger partial charge in [-0.1, -0.05) is 23.4 Å². The van der Waals surface area contributed by atoms with E-state index >= 15 is 4.39 Å². The summed E-state index contributed by atoms with van der Waals surface area (Å²) in [5.74, 6) is 4.66. The molecule has 0 aliphatic heterocycles. The number of nitrogens with zero attached hydrogens (tertiary/aromatic N) is 5. The molecule has 36 heavy (non-hydrogen) atoms. The average molecular weight is 507 g/mol. The number of rotatable bonds is 4. The third-order valence-electron chi connectivity index (χ3n) is 6.02. The van der Waals surface area contributed by atoms with Crippen molar-refractivity contribution >= 4 is 45.1 Å². The van der Waals surface area contributed by atoms with Crippen molar-refractivity contribution in [1.82, 2.24) is 24.6 Å². The molecule has 0 unspecified atom stereocenters. The number of aryl methyl sites for hydroxylation is 1. The summed E-state index contributed by atoms with van der Waals surface area (Å²) >= 11 is 6.38. The van der Waals surface area contributed by atoms with E-state index < -0.39 is 17.3 Å². The van der Waals surface area contributed by atoms with Crippen LogP contribution in [0.3, 0.4) is 0 Å². The molecule has 184 valence electrons. The summed E-state index contributed by atoms with van der Waals surface area (Å²) in [6, 6.07) is 4.39. The maximum absolute atomic E-state index is 15.2. The van der Waals surface area contributed by atoms with Crippen LogP contribution in [0.15, 0.2) is 30.6 Å². The highest BCUT2D eigenvalue weighted by atomic mass is 35.5. The van der Waals surface area contributed by atoms with Crippen LogP contribution in [0.4, 0.5) is 10.2 Å². The van der Waals surface area contributed by atoms with Crippen molar-refractivity contribution in [1.29, 1.82) is 0 Å². The second-order valence-electron chi connectivity index (χ2n) is 9.51. The highest BCUT2D eigenvalue weighted by molar-refractivity contribution is 6.31. The summed E-state index contributed by atoms with van der Waals surface area (Å²) in [6.45, 7) is 3.32. The topological polar surface area (TPSA) is 110 Å². The number of nitrogen functional groups attached to an aromatic ring is 1. The Bertz CT molecular complexity index is 1590. The number of nitrogens with two attached hydrogens (primary N) is 1. The quantitative estimate of drug-likeness (QED) is 0.407. The Hall–Kier alpha value is -3.74. The molecule has 8 nitrogen and oxygen atoms in total. The second-order valence-corrected chi connectivity index (χ2v) is 9.91. The summed E-state index contributed by atoms with van der Waals surface area (Å²) in [7, 11) is 1.76. The van der Waals surface area contributed by atoms with E-state index in [1.54, 1.807) is 42.7 Å². The van der Waals surface area contributed by atoms with Crippen LogP contribution in [0.25, 0.3) is 21.8 Å². The number of hydrogen-bond donors (Lipinski definition) is 2. The lowest BCUT2D eigenvalue weighted by atomic mass is 10.1. The zero-order valence-corrected chi connectivity index (χ0v) is 20.8. The standard InChI is InChI=1S/C26H24ClFN6O2/c1-26(2,36)7-6-14-11-30-15(8-20(14)27)13-34(16-4-5-16)25(35)17-9-18-22(10-21(17)28)32-24(29)19-12-31-33(3)23(18)19/h8-12,16,36H,4-5,13H2,1-3H3,(H2,29,32). The van der Waals surface area contributed by atoms with Gasteiger partial charge in [0.2, 0.25) is 0 Å². The maximum atomic E-state index is 15.2. The van der Waals surface area contributed by atoms with Crippen molar-refractivity contribution in [3.8, 4) is 11.8 Å². The number of fused-ring (bicyclic) bond motifs is 3. The van der Waals surface area contributed by atoms with Crippen LogP contribution < -0.4 is 5.73 Å². The molecule has 3 heterocycles. The van der Waals surface area contributed by atoms with E-state index in [0.29, 0.717) is 38.1 Å². The Labute approximate surface area is 211 Å². The molecule has 1 aliphatic rings. The summed E-state index contributed by atoms with van der Waals surface area (Å²) in [4.78, 5) is 23.9. The number of aliphatic hydroxyl groups is 1. The van der Waals surface area contributed by atoms with Crippen LogP contribution in [-0.4, -0.2) is 47.3 Å². The smallest absolute Gasteiger partial charge is 0.257 e. The van der Waals surface area contributed by atoms with Crippen LogP contribution in [0.1, 0.15) is 48.3 Å². The molecule has 3 N–H and O–H groups in total. The molecular formula is C26H24ClFN6O2. The minimum Gasteiger partial charge on any atom is -0.383 e. The lowest BCUT2D eigenvalue weighted by Crippen LogP contribution is -2.33. The molecule has 1 aromatic carbocycles. The van der Waals surface area contributed by atoms with Gasteiger partial charge < -0.3 is 15.7 Å². The SMILES string of the molecule is Cn1ncc2c(N)nc3cc(F)c(C(=O)N(Cc4cc(Cl)c(C#CC(C)(C)O)cn4)C4CC4)cc3c21. The summed E-state index contributed by atoms with van der Waals surface area (Å²) in [6.07, 6.45) is 4.77. The number of amides is 1. The first-order valence-electron chi connectivity index (χ1n) is 11.4. The molecule has 0 radical (unpaired) electrons. The van der Waals surface area contributed by atoms with Gasteiger partial charge in [0.05, 0.1) is 51.0 Å². The van der Waals surface area contributed by atoms with Gasteiger partial charge in [-0.3, -0.25) is 14.5 Å². The predicted octanol–water partition coefficient (Wildman–Crippen LogP) is 3.82. The number of pyridine rings is 2. The fraction of sp³-hybridized carbons (Fsp3) is 0.308. The minimum atomic E-state index is -1.16. The van der Waals surface area contributed by atoms with Gasteiger partial charge in [-0.25, -0.2) is 9.37 Å². The van der Waals surface area contributed by atoms with E-state index in [4.69, 9.17) is 17.3 Å². The second kappa shape index (κ2) is 8.73. The van der Waals surface area contributed by atoms with Crippen molar-refractivity contribution in [3.05, 3.63) is 58.3 Å². The molecule has 5 rings (SSSR count). The molecule has 4 aromatic rings. The number of halogens is 2. The number of aromatic nitrogens is 4. The van der Waals surface area contributed by atoms with Gasteiger partial charge in [0.1, 0.15) is 17.2 Å². The lowest BCUT2D eigenvalue weighted by Gasteiger charge is -2.23. The Kier molecular flexibility index (Phi) is 5.81. The molecule has 1 saturated carbocycles. The number of benzene rings is 1. The van der Waals surface area contributed by atoms with Crippen molar-refractivity contribution in [2.45, 2.75) is 44.9 Å². The molecule has 3 aromatic heterocycles. The number of carbonyl (C=O) groups is 1. The van der Waals surface area contributed by atoms with E-state index in [-0.39, 0.29) is 24.0 Å². The molecule has 0 bridgehead atoms. The fourth-order valence-corrected chi connectivity index (χ4v) is 4.32. The Morgan fingerprint density at radius 3 is 2.72 bits per heavy atom. The van der Waals surface area contributed by atoms with Gasteiger partial charge in [-0.2, -0.15) is 5.10 Å². The highest BCUT2D eigenvalue weighted by Gasteiger charge is 2.35. The van der Waals surface area contributed by atoms with Gasteiger partial charge in [0, 0.05) is 30.7 Å². The van der Waals surface area contributed by atoms with Gasteiger partial charge in [0.25, 0.3) is 5.91 Å². The zero-order chi connectivity index (χ0) is 25.8. The highest BCUT2D eigenvalue weighted by Crippen LogP contribution is 2.33. The van der Waals surface area contributed by atoms with E-state index in [0.717, 1.165) is 12.8 Å². The van der Waals surface area contributed by atoms with Gasteiger partial charge >= 0.3 is 0 Å². The first-order chi connectivity index (χ1) is 17.0. The number of anilines is 1. The molecule has 0 saturated heterocycles. The van der Waals surface area contributed by atoms with E-state index in [9.17, 15) is 9.90 Å². The van der Waals surface area contributed by atoms with Crippen molar-refractivity contribution in [2.75, 3.05) is 5.73 Å². The van der Waals surface area contributed by atoms with Crippen molar-refractivity contribution in [2.24, 2.45) is 7.05 Å². The molecule has 0 atom stereocenters. The minimum absolute atomic E-state index is 0.0101. The normalized spacial score (nSPS) is 13.6. The molecule has 1 amide bonds. The third-order valence-corrected chi connectivity index (χ3v) is 6.33. The van der Waals surface area contributed by atoms with Gasteiger partial charge in [0.15, 0.2) is 0 Å². The van der Waals surface area contributed by atoms with E-state index in [2.05, 4.69) is 26.9 Å². The predicted molar refractivity (Wildman–Crippen MR) is 136 cm³/mol. The molecule has 1 fully saturated rings. The molecule has 10 heteroatoms. The van der Waals surface area contributed by atoms with Gasteiger partial charge in [-0.15, -0.1) is 0 Å². The lowest BCUT2D eigenvalue weighted by molar-refractivity contribution is 0.0723. The van der Waals surface area contributed by atoms with E-state index in [1.807, 2.05) is 0 Å². The van der Waals surface area contributed by atoms with Crippen LogP contribution in [0.2, 0.25) is 5.02 Å². The summed E-state index contributed by atoms with van der Waals surface area (Å²) in [5.41, 5.74) is 6.87.